The normalized spacial score (nSPS) is 13.8. The van der Waals surface area contributed by atoms with Gasteiger partial charge in [-0.05, 0) is 29.7 Å². The second kappa shape index (κ2) is 10.8. The van der Waals surface area contributed by atoms with Crippen LogP contribution in [0.5, 0.6) is 0 Å². The van der Waals surface area contributed by atoms with Crippen LogP contribution in [0.25, 0.3) is 0 Å². The molecule has 6 heteroatoms. The Bertz CT molecular complexity index is 964. The number of amides is 1. The number of carbonyl (C=O) groups excluding carboxylic acids is 1. The molecule has 5 nitrogen and oxygen atoms in total. The smallest absolute Gasteiger partial charge is 0.408 e. The zero-order valence-corrected chi connectivity index (χ0v) is 17.8. The monoisotopic (exact) mass is 423 g/mol. The maximum absolute atomic E-state index is 14.2. The molecule has 3 rings (SSSR count). The van der Waals surface area contributed by atoms with Crippen molar-refractivity contribution in [2.75, 3.05) is 6.61 Å². The summed E-state index contributed by atoms with van der Waals surface area (Å²) in [4.78, 5) is 12.6. The number of hydrogen-bond donors (Lipinski definition) is 1. The van der Waals surface area contributed by atoms with Crippen molar-refractivity contribution >= 4 is 18.8 Å². The predicted molar refractivity (Wildman–Crippen MR) is 119 cm³/mol. The lowest BCUT2D eigenvalue weighted by Gasteiger charge is -2.28. The average Bonchev–Trinajstić information content (AvgIpc) is 2.81. The molecule has 1 amide bonds. The van der Waals surface area contributed by atoms with Crippen molar-refractivity contribution in [3.63, 3.8) is 0 Å². The largest absolute Gasteiger partial charge is 0.445 e. The summed E-state index contributed by atoms with van der Waals surface area (Å²) in [6.45, 7) is 2.39. The Labute approximate surface area is 177 Å². The number of carbonyl (C=O) groups is 1. The Morgan fingerprint density at radius 1 is 0.900 bits per heavy atom. The number of hydrogen-bond acceptors (Lipinski definition) is 4. The van der Waals surface area contributed by atoms with E-state index in [1.165, 1.54) is 0 Å². The van der Waals surface area contributed by atoms with E-state index < -0.39 is 19.2 Å². The van der Waals surface area contributed by atoms with Gasteiger partial charge in [0.25, 0.3) is 7.37 Å². The fraction of sp³-hybridized carbons (Fsp3) is 0.208. The van der Waals surface area contributed by atoms with Crippen LogP contribution in [0.1, 0.15) is 30.3 Å². The van der Waals surface area contributed by atoms with Gasteiger partial charge in [-0.1, -0.05) is 85.8 Å². The number of ether oxygens (including phenoxy) is 1. The molecule has 3 aromatic carbocycles. The van der Waals surface area contributed by atoms with Crippen LogP contribution >= 0.6 is 7.37 Å². The summed E-state index contributed by atoms with van der Waals surface area (Å²) in [5, 5.41) is 3.35. The van der Waals surface area contributed by atoms with E-state index in [4.69, 9.17) is 9.26 Å². The van der Waals surface area contributed by atoms with Gasteiger partial charge in [0, 0.05) is 5.30 Å². The molecule has 0 aliphatic heterocycles. The van der Waals surface area contributed by atoms with Crippen LogP contribution in [-0.2, 0) is 20.4 Å². The Kier molecular flexibility index (Phi) is 7.83. The van der Waals surface area contributed by atoms with Crippen molar-refractivity contribution in [3.05, 3.63) is 102 Å². The quantitative estimate of drug-likeness (QED) is 0.452. The molecular formula is C24H26NO4P. The summed E-state index contributed by atoms with van der Waals surface area (Å²) in [6, 6.07) is 27.6. The first-order chi connectivity index (χ1) is 14.6. The summed E-state index contributed by atoms with van der Waals surface area (Å²) in [5.41, 5.74) is 1.56. The van der Waals surface area contributed by atoms with Crippen molar-refractivity contribution < 1.29 is 18.6 Å². The van der Waals surface area contributed by atoms with E-state index in [0.29, 0.717) is 23.9 Å². The van der Waals surface area contributed by atoms with Gasteiger partial charge in [0.15, 0.2) is 0 Å². The molecule has 2 atom stereocenters. The minimum absolute atomic E-state index is 0.125. The minimum Gasteiger partial charge on any atom is -0.445 e. The lowest BCUT2D eigenvalue weighted by atomic mass is 10.2. The van der Waals surface area contributed by atoms with E-state index in [1.54, 1.807) is 12.1 Å². The third-order valence-corrected chi connectivity index (χ3v) is 7.22. The lowest BCUT2D eigenvalue weighted by molar-refractivity contribution is 0.137. The molecule has 30 heavy (non-hydrogen) atoms. The zero-order valence-electron chi connectivity index (χ0n) is 16.9. The Morgan fingerprint density at radius 3 is 2.07 bits per heavy atom. The molecule has 156 valence electrons. The molecule has 0 fully saturated rings. The topological polar surface area (TPSA) is 64.6 Å². The van der Waals surface area contributed by atoms with Crippen LogP contribution in [0.15, 0.2) is 91.0 Å². The van der Waals surface area contributed by atoms with E-state index in [9.17, 15) is 9.36 Å². The molecule has 3 aromatic rings. The van der Waals surface area contributed by atoms with Gasteiger partial charge in [0.05, 0.1) is 6.61 Å². The molecule has 0 saturated heterocycles. The first-order valence-electron chi connectivity index (χ1n) is 9.95. The van der Waals surface area contributed by atoms with Gasteiger partial charge in [0.2, 0.25) is 0 Å². The summed E-state index contributed by atoms with van der Waals surface area (Å²) in [5.74, 6) is -0.865. The maximum Gasteiger partial charge on any atom is 0.408 e. The van der Waals surface area contributed by atoms with Crippen LogP contribution < -0.4 is 10.6 Å². The standard InChI is InChI=1S/C24H26NO4P/c1-2-18-29-30(27,22-16-10-5-11-17-22)23(21-14-8-4-9-15-21)25-24(26)28-19-20-12-6-3-7-13-20/h3-17,23H,2,18-19H2,1H3,(H,25,26). The fourth-order valence-corrected chi connectivity index (χ4v) is 5.51. The fourth-order valence-electron chi connectivity index (χ4n) is 3.04. The highest BCUT2D eigenvalue weighted by atomic mass is 31.2. The Hall–Kier alpha value is -2.88. The van der Waals surface area contributed by atoms with E-state index in [1.807, 2.05) is 85.8 Å². The van der Waals surface area contributed by atoms with E-state index in [0.717, 1.165) is 5.56 Å². The molecule has 1 N–H and O–H groups in total. The van der Waals surface area contributed by atoms with Crippen LogP contribution in [0.4, 0.5) is 4.79 Å². The predicted octanol–water partition coefficient (Wildman–Crippen LogP) is 5.64. The molecule has 0 aliphatic carbocycles. The van der Waals surface area contributed by atoms with Gasteiger partial charge in [-0.2, -0.15) is 0 Å². The highest BCUT2D eigenvalue weighted by Crippen LogP contribution is 2.57. The van der Waals surface area contributed by atoms with Crippen LogP contribution in [-0.4, -0.2) is 12.7 Å². The first-order valence-corrected chi connectivity index (χ1v) is 11.6. The molecule has 0 spiro atoms. The van der Waals surface area contributed by atoms with Crippen LogP contribution in [0, 0.1) is 0 Å². The molecule has 0 bridgehead atoms. The minimum atomic E-state index is -3.48. The summed E-state index contributed by atoms with van der Waals surface area (Å²) >= 11 is 0. The molecule has 0 saturated carbocycles. The third kappa shape index (κ3) is 5.59. The molecule has 2 unspecified atom stereocenters. The highest BCUT2D eigenvalue weighted by molar-refractivity contribution is 7.67. The summed E-state index contributed by atoms with van der Waals surface area (Å²) in [6.07, 6.45) is 0.0560. The van der Waals surface area contributed by atoms with Crippen molar-refractivity contribution in [3.8, 4) is 0 Å². The molecule has 0 radical (unpaired) electrons. The van der Waals surface area contributed by atoms with Gasteiger partial charge in [-0.25, -0.2) is 4.79 Å². The second-order valence-corrected chi connectivity index (χ2v) is 9.27. The van der Waals surface area contributed by atoms with Crippen molar-refractivity contribution in [2.45, 2.75) is 25.7 Å². The van der Waals surface area contributed by atoms with E-state index >= 15 is 0 Å². The van der Waals surface area contributed by atoms with Crippen molar-refractivity contribution in [1.29, 1.82) is 0 Å². The highest BCUT2D eigenvalue weighted by Gasteiger charge is 2.39. The van der Waals surface area contributed by atoms with Crippen LogP contribution in [0.2, 0.25) is 0 Å². The zero-order chi connectivity index (χ0) is 21.2. The average molecular weight is 423 g/mol. The molecule has 0 aromatic heterocycles. The third-order valence-electron chi connectivity index (χ3n) is 4.53. The molecular weight excluding hydrogens is 397 g/mol. The number of rotatable bonds is 9. The summed E-state index contributed by atoms with van der Waals surface area (Å²) in [7, 11) is -3.48. The van der Waals surface area contributed by atoms with E-state index in [-0.39, 0.29) is 6.61 Å². The van der Waals surface area contributed by atoms with Gasteiger partial charge >= 0.3 is 6.09 Å². The molecule has 0 aliphatic rings. The Morgan fingerprint density at radius 2 is 1.47 bits per heavy atom. The number of alkyl carbamates (subject to hydrolysis) is 1. The summed E-state index contributed by atoms with van der Waals surface area (Å²) < 4.78 is 25.5. The van der Waals surface area contributed by atoms with Crippen molar-refractivity contribution in [1.82, 2.24) is 5.32 Å². The van der Waals surface area contributed by atoms with Crippen molar-refractivity contribution in [2.24, 2.45) is 0 Å². The molecule has 0 heterocycles. The van der Waals surface area contributed by atoms with Gasteiger partial charge in [-0.15, -0.1) is 0 Å². The maximum atomic E-state index is 14.2. The number of nitrogens with one attached hydrogen (secondary N) is 1. The Balaban J connectivity index is 1.89. The van der Waals surface area contributed by atoms with Gasteiger partial charge in [0.1, 0.15) is 12.4 Å². The lowest BCUT2D eigenvalue weighted by Crippen LogP contribution is -2.32. The first kappa shape index (κ1) is 21.8. The van der Waals surface area contributed by atoms with Gasteiger partial charge < -0.3 is 14.6 Å². The van der Waals surface area contributed by atoms with Gasteiger partial charge in [-0.3, -0.25) is 4.57 Å². The van der Waals surface area contributed by atoms with E-state index in [2.05, 4.69) is 5.32 Å². The SMILES string of the molecule is CCCOP(=O)(c1ccccc1)C(NC(=O)OCc1ccccc1)c1ccccc1. The number of benzene rings is 3. The second-order valence-electron chi connectivity index (χ2n) is 6.79. The van der Waals surface area contributed by atoms with Crippen LogP contribution in [0.3, 0.4) is 0 Å².